The number of hydrogen-bond donors (Lipinski definition) is 1. The van der Waals surface area contributed by atoms with E-state index < -0.39 is 0 Å². The number of nitrogens with two attached hydrogens (primary N) is 1. The zero-order valence-corrected chi connectivity index (χ0v) is 11.8. The van der Waals surface area contributed by atoms with Crippen LogP contribution < -0.4 is 5.73 Å². The predicted octanol–water partition coefficient (Wildman–Crippen LogP) is 4.61. The van der Waals surface area contributed by atoms with Crippen LogP contribution in [0.2, 0.25) is 5.02 Å². The summed E-state index contributed by atoms with van der Waals surface area (Å²) in [5.41, 5.74) is 8.64. The van der Waals surface area contributed by atoms with Crippen molar-refractivity contribution in [1.82, 2.24) is 5.16 Å². The first-order valence-corrected chi connectivity index (χ1v) is 6.98. The minimum atomic E-state index is 0.397. The fourth-order valence-corrected chi connectivity index (χ4v) is 2.85. The van der Waals surface area contributed by atoms with Gasteiger partial charge in [-0.2, -0.15) is 0 Å². The third-order valence-corrected chi connectivity index (χ3v) is 4.21. The minimum absolute atomic E-state index is 0.397. The van der Waals surface area contributed by atoms with Gasteiger partial charge in [-0.15, -0.1) is 11.3 Å². The highest BCUT2D eigenvalue weighted by atomic mass is 35.5. The highest BCUT2D eigenvalue weighted by Gasteiger charge is 2.18. The van der Waals surface area contributed by atoms with Gasteiger partial charge in [0.1, 0.15) is 0 Å². The van der Waals surface area contributed by atoms with Gasteiger partial charge in [0.25, 0.3) is 0 Å². The molecule has 3 aromatic rings. The first-order chi connectivity index (χ1) is 9.16. The fraction of sp³-hybridized carbons (Fsp3) is 0.0714. The van der Waals surface area contributed by atoms with Crippen molar-refractivity contribution in [1.29, 1.82) is 0 Å². The maximum absolute atomic E-state index is 6.16. The topological polar surface area (TPSA) is 52.0 Å². The molecule has 19 heavy (non-hydrogen) atoms. The second kappa shape index (κ2) is 4.72. The van der Waals surface area contributed by atoms with Crippen molar-refractivity contribution in [3.63, 3.8) is 0 Å². The Balaban J connectivity index is 2.18. The largest absolute Gasteiger partial charge is 0.380 e. The highest BCUT2D eigenvalue weighted by molar-refractivity contribution is 7.13. The van der Waals surface area contributed by atoms with Gasteiger partial charge in [0.05, 0.1) is 5.56 Å². The maximum atomic E-state index is 6.16. The van der Waals surface area contributed by atoms with E-state index in [0.717, 1.165) is 21.6 Å². The second-order valence-corrected chi connectivity index (χ2v) is 5.57. The van der Waals surface area contributed by atoms with E-state index in [9.17, 15) is 0 Å². The molecular formula is C14H11ClN2OS. The fourth-order valence-electron chi connectivity index (χ4n) is 1.89. The summed E-state index contributed by atoms with van der Waals surface area (Å²) in [5.74, 6) is 1.05. The summed E-state index contributed by atoms with van der Waals surface area (Å²) < 4.78 is 5.37. The van der Waals surface area contributed by atoms with Crippen LogP contribution in [-0.2, 0) is 0 Å². The Bertz CT molecular complexity index is 719. The molecule has 0 unspecified atom stereocenters. The van der Waals surface area contributed by atoms with E-state index in [-0.39, 0.29) is 0 Å². The van der Waals surface area contributed by atoms with Crippen LogP contribution >= 0.6 is 22.9 Å². The first kappa shape index (κ1) is 12.3. The highest BCUT2D eigenvalue weighted by Crippen LogP contribution is 2.39. The van der Waals surface area contributed by atoms with E-state index >= 15 is 0 Å². The standard InChI is InChI=1S/C14H11ClN2OS/c1-8-4-5-9(7-10(8)15)13-12(14(16)17-18-13)11-3-2-6-19-11/h2-7H,1H3,(H2,16,17). The van der Waals surface area contributed by atoms with Crippen molar-refractivity contribution in [3.05, 3.63) is 46.3 Å². The van der Waals surface area contributed by atoms with E-state index in [2.05, 4.69) is 5.16 Å². The van der Waals surface area contributed by atoms with E-state index in [1.165, 1.54) is 0 Å². The van der Waals surface area contributed by atoms with Crippen molar-refractivity contribution in [3.8, 4) is 21.8 Å². The van der Waals surface area contributed by atoms with Crippen LogP contribution in [0.15, 0.2) is 40.2 Å². The molecule has 0 aliphatic rings. The number of anilines is 1. The van der Waals surface area contributed by atoms with Gasteiger partial charge < -0.3 is 10.3 Å². The molecule has 0 aliphatic heterocycles. The molecule has 0 spiro atoms. The molecule has 2 N–H and O–H groups in total. The van der Waals surface area contributed by atoms with Crippen molar-refractivity contribution in [2.45, 2.75) is 6.92 Å². The molecule has 2 heterocycles. The van der Waals surface area contributed by atoms with Crippen LogP contribution in [0.3, 0.4) is 0 Å². The number of aromatic nitrogens is 1. The van der Waals surface area contributed by atoms with Crippen molar-refractivity contribution < 1.29 is 4.52 Å². The summed E-state index contributed by atoms with van der Waals surface area (Å²) in [6.07, 6.45) is 0. The number of hydrogen-bond acceptors (Lipinski definition) is 4. The summed E-state index contributed by atoms with van der Waals surface area (Å²) >= 11 is 7.76. The third-order valence-electron chi connectivity index (χ3n) is 2.92. The quantitative estimate of drug-likeness (QED) is 0.749. The third kappa shape index (κ3) is 2.13. The van der Waals surface area contributed by atoms with Crippen LogP contribution in [0.4, 0.5) is 5.82 Å². The van der Waals surface area contributed by atoms with Crippen LogP contribution in [-0.4, -0.2) is 5.16 Å². The Morgan fingerprint density at radius 2 is 2.16 bits per heavy atom. The maximum Gasteiger partial charge on any atom is 0.177 e. The molecule has 5 heteroatoms. The lowest BCUT2D eigenvalue weighted by Gasteiger charge is -2.03. The zero-order chi connectivity index (χ0) is 13.4. The Morgan fingerprint density at radius 3 is 2.84 bits per heavy atom. The Morgan fingerprint density at radius 1 is 1.32 bits per heavy atom. The Labute approximate surface area is 119 Å². The number of thiophene rings is 1. The summed E-state index contributed by atoms with van der Waals surface area (Å²) in [7, 11) is 0. The molecular weight excluding hydrogens is 280 g/mol. The van der Waals surface area contributed by atoms with Gasteiger partial charge >= 0.3 is 0 Å². The minimum Gasteiger partial charge on any atom is -0.380 e. The van der Waals surface area contributed by atoms with E-state index in [1.54, 1.807) is 11.3 Å². The number of nitrogen functional groups attached to an aromatic ring is 1. The lowest BCUT2D eigenvalue weighted by molar-refractivity contribution is 0.436. The van der Waals surface area contributed by atoms with Gasteiger partial charge in [0, 0.05) is 15.5 Å². The van der Waals surface area contributed by atoms with Gasteiger partial charge in [-0.3, -0.25) is 0 Å². The van der Waals surface area contributed by atoms with Crippen LogP contribution in [0.25, 0.3) is 21.8 Å². The number of aryl methyl sites for hydroxylation is 1. The van der Waals surface area contributed by atoms with Gasteiger partial charge in [-0.25, -0.2) is 0 Å². The number of nitrogens with zero attached hydrogens (tertiary/aromatic N) is 1. The first-order valence-electron chi connectivity index (χ1n) is 5.72. The molecule has 3 nitrogen and oxygen atoms in total. The number of halogens is 1. The van der Waals surface area contributed by atoms with E-state index in [1.807, 2.05) is 42.6 Å². The van der Waals surface area contributed by atoms with Gasteiger partial charge in [-0.05, 0) is 30.0 Å². The molecule has 0 atom stereocenters. The molecule has 0 fully saturated rings. The summed E-state index contributed by atoms with van der Waals surface area (Å²) in [6, 6.07) is 9.74. The monoisotopic (exact) mass is 290 g/mol. The number of rotatable bonds is 2. The van der Waals surface area contributed by atoms with Crippen molar-refractivity contribution in [2.75, 3.05) is 5.73 Å². The predicted molar refractivity (Wildman–Crippen MR) is 79.4 cm³/mol. The molecule has 96 valence electrons. The molecule has 0 saturated heterocycles. The second-order valence-electron chi connectivity index (χ2n) is 4.21. The average Bonchev–Trinajstić information content (AvgIpc) is 3.01. The lowest BCUT2D eigenvalue weighted by Crippen LogP contribution is -1.87. The average molecular weight is 291 g/mol. The summed E-state index contributed by atoms with van der Waals surface area (Å²) in [6.45, 7) is 1.96. The van der Waals surface area contributed by atoms with E-state index in [0.29, 0.717) is 16.6 Å². The molecule has 1 aromatic carbocycles. The zero-order valence-electron chi connectivity index (χ0n) is 10.2. The molecule has 0 aliphatic carbocycles. The summed E-state index contributed by atoms with van der Waals surface area (Å²) in [4.78, 5) is 1.03. The van der Waals surface area contributed by atoms with Crippen LogP contribution in [0, 0.1) is 6.92 Å². The summed E-state index contributed by atoms with van der Waals surface area (Å²) in [5, 5.41) is 6.56. The van der Waals surface area contributed by atoms with Gasteiger partial charge in [0.15, 0.2) is 11.6 Å². The number of benzene rings is 1. The van der Waals surface area contributed by atoms with Crippen LogP contribution in [0.1, 0.15) is 5.56 Å². The van der Waals surface area contributed by atoms with Crippen molar-refractivity contribution in [2.24, 2.45) is 0 Å². The molecule has 0 amide bonds. The normalized spacial score (nSPS) is 10.8. The smallest absolute Gasteiger partial charge is 0.177 e. The molecule has 2 aromatic heterocycles. The van der Waals surface area contributed by atoms with Gasteiger partial charge in [0.2, 0.25) is 0 Å². The van der Waals surface area contributed by atoms with Crippen LogP contribution in [0.5, 0.6) is 0 Å². The van der Waals surface area contributed by atoms with Crippen molar-refractivity contribution >= 4 is 28.8 Å². The molecule has 3 rings (SSSR count). The van der Waals surface area contributed by atoms with Gasteiger partial charge in [-0.1, -0.05) is 35.0 Å². The SMILES string of the molecule is Cc1ccc(-c2onc(N)c2-c2cccs2)cc1Cl. The Hall–Kier alpha value is -1.78. The molecule has 0 saturated carbocycles. The Kier molecular flexibility index (Phi) is 3.05. The molecule has 0 radical (unpaired) electrons. The molecule has 0 bridgehead atoms. The van der Waals surface area contributed by atoms with E-state index in [4.69, 9.17) is 21.9 Å². The lowest BCUT2D eigenvalue weighted by atomic mass is 10.1.